The molecule has 0 saturated carbocycles. The highest BCUT2D eigenvalue weighted by Crippen LogP contribution is 2.24. The van der Waals surface area contributed by atoms with Crippen molar-refractivity contribution in [2.45, 2.75) is 38.1 Å². The van der Waals surface area contributed by atoms with Crippen molar-refractivity contribution < 1.29 is 14.9 Å². The number of hydrogen-bond donors (Lipinski definition) is 3. The van der Waals surface area contributed by atoms with Crippen molar-refractivity contribution in [3.05, 3.63) is 0 Å². The van der Waals surface area contributed by atoms with E-state index in [1.165, 1.54) is 0 Å². The lowest BCUT2D eigenvalue weighted by atomic mass is 9.97. The van der Waals surface area contributed by atoms with Crippen LogP contribution in [0, 0.1) is 0 Å². The Kier molecular flexibility index (Phi) is 3.67. The van der Waals surface area contributed by atoms with Gasteiger partial charge in [-0.05, 0) is 13.8 Å². The van der Waals surface area contributed by atoms with Crippen molar-refractivity contribution in [1.29, 1.82) is 0 Å². The summed E-state index contributed by atoms with van der Waals surface area (Å²) in [7, 11) is 0. The van der Waals surface area contributed by atoms with Crippen molar-refractivity contribution >= 4 is 0 Å². The van der Waals surface area contributed by atoms with E-state index in [0.29, 0.717) is 26.1 Å². The zero-order chi connectivity index (χ0) is 9.90. The van der Waals surface area contributed by atoms with E-state index in [1.807, 2.05) is 6.92 Å². The molecule has 78 valence electrons. The molecule has 1 aliphatic heterocycles. The molecule has 0 amide bonds. The van der Waals surface area contributed by atoms with Gasteiger partial charge < -0.3 is 20.3 Å². The molecule has 4 heteroatoms. The maximum Gasteiger partial charge on any atom is 0.105 e. The van der Waals surface area contributed by atoms with Crippen LogP contribution in [0.25, 0.3) is 0 Å². The summed E-state index contributed by atoms with van der Waals surface area (Å²) in [4.78, 5) is 0. The first-order valence-electron chi connectivity index (χ1n) is 4.77. The van der Waals surface area contributed by atoms with Gasteiger partial charge in [-0.2, -0.15) is 0 Å². The summed E-state index contributed by atoms with van der Waals surface area (Å²) in [6, 6.07) is 0. The highest BCUT2D eigenvalue weighted by molar-refractivity contribution is 4.91. The maximum absolute atomic E-state index is 10.0. The molecule has 1 rings (SSSR count). The fourth-order valence-electron chi connectivity index (χ4n) is 1.50. The van der Waals surface area contributed by atoms with Gasteiger partial charge in [0.15, 0.2) is 0 Å². The van der Waals surface area contributed by atoms with Crippen LogP contribution in [0.3, 0.4) is 0 Å². The number of aliphatic hydroxyl groups is 2. The Morgan fingerprint density at radius 1 is 1.69 bits per heavy atom. The summed E-state index contributed by atoms with van der Waals surface area (Å²) in [5, 5.41) is 22.0. The number of nitrogens with one attached hydrogen (secondary N) is 1. The SMILES string of the molecule is CC(O)CNCC1(O)CCOC1C. The fraction of sp³-hybridized carbons (Fsp3) is 1.00. The monoisotopic (exact) mass is 189 g/mol. The average Bonchev–Trinajstić information content (AvgIpc) is 2.32. The Labute approximate surface area is 78.9 Å². The second-order valence-electron chi connectivity index (χ2n) is 3.85. The predicted molar refractivity (Wildman–Crippen MR) is 49.5 cm³/mol. The lowest BCUT2D eigenvalue weighted by Gasteiger charge is -2.26. The molecule has 0 aromatic carbocycles. The molecule has 0 aliphatic carbocycles. The Bertz CT molecular complexity index is 163. The van der Waals surface area contributed by atoms with Gasteiger partial charge in [0, 0.05) is 26.1 Å². The van der Waals surface area contributed by atoms with E-state index < -0.39 is 5.60 Å². The molecule has 13 heavy (non-hydrogen) atoms. The van der Waals surface area contributed by atoms with Gasteiger partial charge in [0.25, 0.3) is 0 Å². The lowest BCUT2D eigenvalue weighted by Crippen LogP contribution is -2.47. The van der Waals surface area contributed by atoms with Crippen molar-refractivity contribution in [3.63, 3.8) is 0 Å². The molecule has 1 aliphatic rings. The third-order valence-electron chi connectivity index (χ3n) is 2.53. The summed E-state index contributed by atoms with van der Waals surface area (Å²) in [6.07, 6.45) is 0.177. The third-order valence-corrected chi connectivity index (χ3v) is 2.53. The minimum absolute atomic E-state index is 0.117. The molecular formula is C9H19NO3. The van der Waals surface area contributed by atoms with E-state index >= 15 is 0 Å². The van der Waals surface area contributed by atoms with Crippen molar-refractivity contribution in [1.82, 2.24) is 5.32 Å². The highest BCUT2D eigenvalue weighted by Gasteiger charge is 2.38. The lowest BCUT2D eigenvalue weighted by molar-refractivity contribution is -0.0271. The standard InChI is InChI=1S/C9H19NO3/c1-7(11)5-10-6-9(12)3-4-13-8(9)2/h7-8,10-12H,3-6H2,1-2H3. The molecule has 3 N–H and O–H groups in total. The smallest absolute Gasteiger partial charge is 0.105 e. The van der Waals surface area contributed by atoms with Crippen LogP contribution in [0.2, 0.25) is 0 Å². The van der Waals surface area contributed by atoms with Gasteiger partial charge in [-0.25, -0.2) is 0 Å². The molecule has 3 unspecified atom stereocenters. The van der Waals surface area contributed by atoms with Crippen LogP contribution in [0.4, 0.5) is 0 Å². The van der Waals surface area contributed by atoms with Crippen molar-refractivity contribution in [3.8, 4) is 0 Å². The minimum Gasteiger partial charge on any atom is -0.392 e. The van der Waals surface area contributed by atoms with E-state index in [-0.39, 0.29) is 12.2 Å². The third kappa shape index (κ3) is 2.91. The molecule has 0 spiro atoms. The fourth-order valence-corrected chi connectivity index (χ4v) is 1.50. The van der Waals surface area contributed by atoms with Crippen LogP contribution < -0.4 is 5.32 Å². The van der Waals surface area contributed by atoms with Crippen molar-refractivity contribution in [2.24, 2.45) is 0 Å². The first kappa shape index (κ1) is 10.9. The summed E-state index contributed by atoms with van der Waals surface area (Å²) >= 11 is 0. The molecule has 3 atom stereocenters. The van der Waals surface area contributed by atoms with E-state index in [4.69, 9.17) is 9.84 Å². The predicted octanol–water partition coefficient (Wildman–Crippen LogP) is -0.503. The Morgan fingerprint density at radius 2 is 2.38 bits per heavy atom. The van der Waals surface area contributed by atoms with Crippen molar-refractivity contribution in [2.75, 3.05) is 19.7 Å². The summed E-state index contributed by atoms with van der Waals surface area (Å²) in [5.41, 5.74) is -0.755. The second-order valence-corrected chi connectivity index (χ2v) is 3.85. The van der Waals surface area contributed by atoms with E-state index in [9.17, 15) is 5.11 Å². The van der Waals surface area contributed by atoms with E-state index in [2.05, 4.69) is 5.32 Å². The second kappa shape index (κ2) is 4.37. The molecule has 4 nitrogen and oxygen atoms in total. The first-order valence-corrected chi connectivity index (χ1v) is 4.77. The normalized spacial score (nSPS) is 36.5. The Morgan fingerprint density at radius 3 is 2.85 bits per heavy atom. The van der Waals surface area contributed by atoms with Gasteiger partial charge in [0.05, 0.1) is 12.2 Å². The van der Waals surface area contributed by atoms with Gasteiger partial charge >= 0.3 is 0 Å². The molecule has 1 heterocycles. The van der Waals surface area contributed by atoms with E-state index in [1.54, 1.807) is 6.92 Å². The highest BCUT2D eigenvalue weighted by atomic mass is 16.5. The molecule has 0 aromatic heterocycles. The van der Waals surface area contributed by atoms with Gasteiger partial charge in [-0.3, -0.25) is 0 Å². The largest absolute Gasteiger partial charge is 0.392 e. The maximum atomic E-state index is 10.0. The summed E-state index contributed by atoms with van der Waals surface area (Å²) in [5.74, 6) is 0. The molecule has 1 fully saturated rings. The van der Waals surface area contributed by atoms with Crippen LogP contribution in [0.5, 0.6) is 0 Å². The molecule has 0 radical (unpaired) electrons. The first-order chi connectivity index (χ1) is 6.04. The van der Waals surface area contributed by atoms with Crippen LogP contribution in [-0.2, 0) is 4.74 Å². The molecular weight excluding hydrogens is 170 g/mol. The number of hydrogen-bond acceptors (Lipinski definition) is 4. The molecule has 0 aromatic rings. The number of aliphatic hydroxyl groups excluding tert-OH is 1. The van der Waals surface area contributed by atoms with Crippen LogP contribution >= 0.6 is 0 Å². The van der Waals surface area contributed by atoms with Crippen LogP contribution in [0.1, 0.15) is 20.3 Å². The summed E-state index contributed by atoms with van der Waals surface area (Å²) in [6.45, 7) is 5.20. The van der Waals surface area contributed by atoms with Gasteiger partial charge in [0.1, 0.15) is 5.60 Å². The summed E-state index contributed by atoms with van der Waals surface area (Å²) < 4.78 is 5.27. The number of ether oxygens (including phenoxy) is 1. The topological polar surface area (TPSA) is 61.7 Å². The van der Waals surface area contributed by atoms with Gasteiger partial charge in [-0.15, -0.1) is 0 Å². The van der Waals surface area contributed by atoms with Crippen LogP contribution in [-0.4, -0.2) is 47.7 Å². The Hall–Kier alpha value is -0.160. The van der Waals surface area contributed by atoms with Crippen LogP contribution in [0.15, 0.2) is 0 Å². The zero-order valence-electron chi connectivity index (χ0n) is 8.29. The Balaban J connectivity index is 2.26. The minimum atomic E-state index is -0.755. The average molecular weight is 189 g/mol. The molecule has 0 bridgehead atoms. The van der Waals surface area contributed by atoms with Gasteiger partial charge in [-0.1, -0.05) is 0 Å². The quantitative estimate of drug-likeness (QED) is 0.558. The van der Waals surface area contributed by atoms with Gasteiger partial charge in [0.2, 0.25) is 0 Å². The molecule has 1 saturated heterocycles. The van der Waals surface area contributed by atoms with E-state index in [0.717, 1.165) is 0 Å². The zero-order valence-corrected chi connectivity index (χ0v) is 8.29. The number of rotatable bonds is 4.